The largest absolute Gasteiger partial charge is 0.482 e. The van der Waals surface area contributed by atoms with E-state index in [2.05, 4.69) is 43.5 Å². The van der Waals surface area contributed by atoms with Crippen molar-refractivity contribution in [1.82, 2.24) is 15.5 Å². The maximum absolute atomic E-state index is 13.1. The predicted octanol–water partition coefficient (Wildman–Crippen LogP) is 3.46. The molecule has 0 aromatic heterocycles. The summed E-state index contributed by atoms with van der Waals surface area (Å²) in [5.41, 5.74) is 1.00. The smallest absolute Gasteiger partial charge is 0.404 e. The fraction of sp³-hybridized carbons (Fsp3) is 0.679. The Hall–Kier alpha value is -2.57. The second-order valence-electron chi connectivity index (χ2n) is 12.1. The first kappa shape index (κ1) is 26.1. The molecule has 0 spiro atoms. The zero-order chi connectivity index (χ0) is 26.2. The molecular weight excluding hydrogens is 467 g/mol. The number of rotatable bonds is 7. The molecule has 37 heavy (non-hydrogen) atoms. The Morgan fingerprint density at radius 1 is 1.22 bits per heavy atom. The van der Waals surface area contributed by atoms with Gasteiger partial charge in [-0.2, -0.15) is 5.26 Å². The van der Waals surface area contributed by atoms with Gasteiger partial charge in [0.1, 0.15) is 6.42 Å². The van der Waals surface area contributed by atoms with Crippen LogP contribution in [0.25, 0.3) is 0 Å². The molecule has 3 amide bonds. The number of piperidine rings is 1. The Balaban J connectivity index is 1.25. The number of benzene rings is 1. The maximum atomic E-state index is 13.1. The summed E-state index contributed by atoms with van der Waals surface area (Å²) in [7, 11) is -0.528. The van der Waals surface area contributed by atoms with Crippen LogP contribution in [0.5, 0.6) is 0 Å². The lowest BCUT2D eigenvalue weighted by atomic mass is 9.43. The molecular formula is C28H39BN4O4. The average molecular weight is 506 g/mol. The molecule has 2 bridgehead atoms. The lowest BCUT2D eigenvalue weighted by Crippen LogP contribution is -2.65. The standard InChI is InChI=1S/C28H39BN4O4/c1-27(2)20-16-22(27)28(3)23(17-20)36-29(37-28)24(15-19-9-5-4-6-10-19)32-26(35)31-18-21-11-7-8-14-33(21)25(34)12-13-30/h4-6,9-10,20-24H,7-8,11-12,14-18H2,1-3H3,(H2,31,32,35)/t20-,21-,22-,23+,24-,28-/m0/s1. The highest BCUT2D eigenvalue weighted by molar-refractivity contribution is 6.48. The third kappa shape index (κ3) is 4.98. The molecule has 3 aliphatic carbocycles. The molecule has 9 heteroatoms. The molecule has 3 saturated carbocycles. The number of amides is 3. The number of urea groups is 1. The van der Waals surface area contributed by atoms with Crippen LogP contribution in [-0.4, -0.2) is 60.7 Å². The van der Waals surface area contributed by atoms with E-state index in [1.54, 1.807) is 4.90 Å². The predicted molar refractivity (Wildman–Crippen MR) is 140 cm³/mol. The van der Waals surface area contributed by atoms with Crippen molar-refractivity contribution in [2.24, 2.45) is 17.3 Å². The summed E-state index contributed by atoms with van der Waals surface area (Å²) in [5, 5.41) is 15.1. The van der Waals surface area contributed by atoms with Gasteiger partial charge in [-0.1, -0.05) is 44.2 Å². The molecule has 2 aliphatic heterocycles. The van der Waals surface area contributed by atoms with Gasteiger partial charge in [-0.25, -0.2) is 4.79 Å². The fourth-order valence-corrected chi connectivity index (χ4v) is 7.29. The Labute approximate surface area is 220 Å². The number of hydrogen-bond donors (Lipinski definition) is 2. The Kier molecular flexibility index (Phi) is 7.25. The topological polar surface area (TPSA) is 104 Å². The first-order valence-corrected chi connectivity index (χ1v) is 13.8. The zero-order valence-corrected chi connectivity index (χ0v) is 22.2. The van der Waals surface area contributed by atoms with E-state index in [1.165, 1.54) is 6.42 Å². The summed E-state index contributed by atoms with van der Waals surface area (Å²) in [6, 6.07) is 11.6. The first-order valence-electron chi connectivity index (χ1n) is 13.8. The third-order valence-electron chi connectivity index (χ3n) is 9.59. The molecule has 2 saturated heterocycles. The summed E-state index contributed by atoms with van der Waals surface area (Å²) in [6.45, 7) is 7.86. The average Bonchev–Trinajstić information content (AvgIpc) is 3.25. The van der Waals surface area contributed by atoms with Crippen molar-refractivity contribution in [1.29, 1.82) is 5.26 Å². The van der Waals surface area contributed by atoms with Gasteiger partial charge in [0.15, 0.2) is 0 Å². The van der Waals surface area contributed by atoms with Gasteiger partial charge < -0.3 is 24.8 Å². The highest BCUT2D eigenvalue weighted by Gasteiger charge is 2.68. The molecule has 1 aromatic carbocycles. The number of likely N-dealkylation sites (tertiary alicyclic amines) is 1. The lowest BCUT2D eigenvalue weighted by molar-refractivity contribution is -0.199. The third-order valence-corrected chi connectivity index (χ3v) is 9.59. The molecule has 1 aromatic rings. The molecule has 2 N–H and O–H groups in total. The Morgan fingerprint density at radius 2 is 2.00 bits per heavy atom. The van der Waals surface area contributed by atoms with Crippen molar-refractivity contribution >= 4 is 19.1 Å². The van der Waals surface area contributed by atoms with Crippen LogP contribution >= 0.6 is 0 Å². The summed E-state index contributed by atoms with van der Waals surface area (Å²) in [4.78, 5) is 27.3. The van der Waals surface area contributed by atoms with Gasteiger partial charge >= 0.3 is 13.1 Å². The van der Waals surface area contributed by atoms with Gasteiger partial charge in [0.05, 0.1) is 23.7 Å². The normalized spacial score (nSPS) is 32.5. The fourth-order valence-electron chi connectivity index (χ4n) is 7.29. The van der Waals surface area contributed by atoms with Crippen LogP contribution in [0.15, 0.2) is 30.3 Å². The molecule has 0 radical (unpaired) electrons. The molecule has 198 valence electrons. The van der Waals surface area contributed by atoms with Gasteiger partial charge in [-0.05, 0) is 68.3 Å². The van der Waals surface area contributed by atoms with Gasteiger partial charge in [0.25, 0.3) is 0 Å². The van der Waals surface area contributed by atoms with Gasteiger partial charge in [0, 0.05) is 19.1 Å². The van der Waals surface area contributed by atoms with Crippen LogP contribution < -0.4 is 10.6 Å². The Bertz CT molecular complexity index is 1050. The maximum Gasteiger partial charge on any atom is 0.482 e. The van der Waals surface area contributed by atoms with E-state index in [-0.39, 0.29) is 47.5 Å². The van der Waals surface area contributed by atoms with Crippen LogP contribution in [0.1, 0.15) is 64.9 Å². The number of nitriles is 1. The van der Waals surface area contributed by atoms with E-state index >= 15 is 0 Å². The van der Waals surface area contributed by atoms with Gasteiger partial charge in [-0.3, -0.25) is 4.79 Å². The van der Waals surface area contributed by atoms with Crippen LogP contribution in [0.3, 0.4) is 0 Å². The number of hydrogen-bond acceptors (Lipinski definition) is 5. The van der Waals surface area contributed by atoms with Crippen molar-refractivity contribution in [2.75, 3.05) is 13.1 Å². The summed E-state index contributed by atoms with van der Waals surface area (Å²) in [6.07, 6.45) is 5.42. The SMILES string of the molecule is CC1(C)[C@@H]2C[C@H]3OB([C@H](Cc4ccccc4)NC(=O)NC[C@@H]4CCCCN4C(=O)CC#N)O[C@@]3(C)[C@H]1C2. The van der Waals surface area contributed by atoms with Gasteiger partial charge in [-0.15, -0.1) is 0 Å². The molecule has 5 aliphatic rings. The molecule has 2 heterocycles. The molecule has 6 rings (SSSR count). The minimum Gasteiger partial charge on any atom is -0.404 e. The molecule has 5 fully saturated rings. The highest BCUT2D eigenvalue weighted by atomic mass is 16.7. The van der Waals surface area contributed by atoms with Crippen LogP contribution in [0, 0.1) is 28.6 Å². The lowest BCUT2D eigenvalue weighted by Gasteiger charge is -2.64. The molecule has 6 atom stereocenters. The van der Waals surface area contributed by atoms with E-state index < -0.39 is 7.12 Å². The Morgan fingerprint density at radius 3 is 2.73 bits per heavy atom. The van der Waals surface area contributed by atoms with Crippen LogP contribution in [0.4, 0.5) is 4.79 Å². The highest BCUT2D eigenvalue weighted by Crippen LogP contribution is 2.65. The van der Waals surface area contributed by atoms with Crippen LogP contribution in [0.2, 0.25) is 0 Å². The van der Waals surface area contributed by atoms with E-state index in [1.807, 2.05) is 24.3 Å². The van der Waals surface area contributed by atoms with Gasteiger partial charge in [0.2, 0.25) is 5.91 Å². The van der Waals surface area contributed by atoms with E-state index in [4.69, 9.17) is 14.6 Å². The monoisotopic (exact) mass is 506 g/mol. The molecule has 0 unspecified atom stereocenters. The minimum absolute atomic E-state index is 0.0411. The van der Waals surface area contributed by atoms with Crippen LogP contribution in [-0.2, 0) is 20.5 Å². The van der Waals surface area contributed by atoms with Crippen molar-refractivity contribution in [2.45, 2.75) is 89.4 Å². The molecule has 8 nitrogen and oxygen atoms in total. The van der Waals surface area contributed by atoms with Crippen molar-refractivity contribution < 1.29 is 18.9 Å². The zero-order valence-electron chi connectivity index (χ0n) is 22.2. The number of nitrogens with one attached hydrogen (secondary N) is 2. The first-order chi connectivity index (χ1) is 17.7. The van der Waals surface area contributed by atoms with E-state index in [9.17, 15) is 9.59 Å². The summed E-state index contributed by atoms with van der Waals surface area (Å²) < 4.78 is 13.2. The van der Waals surface area contributed by atoms with Crippen molar-refractivity contribution in [3.8, 4) is 6.07 Å². The van der Waals surface area contributed by atoms with E-state index in [0.717, 1.165) is 31.2 Å². The number of carbonyl (C=O) groups is 2. The van der Waals surface area contributed by atoms with E-state index in [0.29, 0.717) is 31.3 Å². The summed E-state index contributed by atoms with van der Waals surface area (Å²) >= 11 is 0. The number of nitrogens with zero attached hydrogens (tertiary/aromatic N) is 2. The second kappa shape index (κ2) is 10.3. The quantitative estimate of drug-likeness (QED) is 0.552. The minimum atomic E-state index is -0.528. The number of carbonyl (C=O) groups excluding carboxylic acids is 2. The van der Waals surface area contributed by atoms with Crippen molar-refractivity contribution in [3.05, 3.63) is 35.9 Å². The summed E-state index contributed by atoms with van der Waals surface area (Å²) in [5.74, 6) is 0.584. The van der Waals surface area contributed by atoms with Crippen molar-refractivity contribution in [3.63, 3.8) is 0 Å². The second-order valence-corrected chi connectivity index (χ2v) is 12.1.